The van der Waals surface area contributed by atoms with Crippen molar-refractivity contribution in [2.75, 3.05) is 25.2 Å². The van der Waals surface area contributed by atoms with Crippen LogP contribution in [-0.2, 0) is 4.79 Å². The molecule has 1 heterocycles. The van der Waals surface area contributed by atoms with Crippen LogP contribution in [0.2, 0.25) is 5.02 Å². The van der Waals surface area contributed by atoms with Crippen molar-refractivity contribution in [3.8, 4) is 0 Å². The first-order valence-electron chi connectivity index (χ1n) is 8.22. The molecule has 138 valence electrons. The van der Waals surface area contributed by atoms with Gasteiger partial charge in [-0.25, -0.2) is 0 Å². The minimum absolute atomic E-state index is 0.0810. The minimum Gasteiger partial charge on any atom is -0.332 e. The number of hydrogen-bond donors (Lipinski definition) is 1. The Kier molecular flexibility index (Phi) is 5.98. The van der Waals surface area contributed by atoms with E-state index in [-0.39, 0.29) is 18.4 Å². The largest absolute Gasteiger partial charge is 0.332 e. The predicted octanol–water partition coefficient (Wildman–Crippen LogP) is 4.32. The zero-order chi connectivity index (χ0) is 19.4. The third kappa shape index (κ3) is 4.40. The molecule has 5 nitrogen and oxygen atoms in total. The third-order valence-corrected chi connectivity index (χ3v) is 5.02. The second-order valence-electron chi connectivity index (χ2n) is 5.94. The molecule has 0 aliphatic rings. The van der Waals surface area contributed by atoms with E-state index in [2.05, 4.69) is 10.3 Å². The number of para-hydroxylation sites is 1. The Hall–Kier alpha value is -2.57. The van der Waals surface area contributed by atoms with Gasteiger partial charge < -0.3 is 10.2 Å². The summed E-state index contributed by atoms with van der Waals surface area (Å²) in [4.78, 5) is 31.9. The number of nitrogens with one attached hydrogen (secondary N) is 1. The molecule has 0 fully saturated rings. The van der Waals surface area contributed by atoms with Gasteiger partial charge in [0.05, 0.1) is 23.3 Å². The summed E-state index contributed by atoms with van der Waals surface area (Å²) in [6.45, 7) is -0.0810. The van der Waals surface area contributed by atoms with Crippen LogP contribution < -0.4 is 5.32 Å². The Morgan fingerprint density at radius 3 is 2.74 bits per heavy atom. The quantitative estimate of drug-likeness (QED) is 0.649. The number of hydrogen-bond acceptors (Lipinski definition) is 4. The first kappa shape index (κ1) is 19.2. The molecule has 2 amide bonds. The lowest BCUT2D eigenvalue weighted by Crippen LogP contribution is -2.35. The number of likely N-dealkylation sites (N-methyl/N-ethyl adjacent to an activating group) is 1. The van der Waals surface area contributed by atoms with Crippen molar-refractivity contribution >= 4 is 51.8 Å². The first-order chi connectivity index (χ1) is 13.0. The number of nitrogens with zero attached hydrogens (tertiary/aromatic N) is 2. The van der Waals surface area contributed by atoms with Gasteiger partial charge in [-0.3, -0.25) is 14.6 Å². The van der Waals surface area contributed by atoms with Crippen LogP contribution in [0.25, 0.3) is 10.9 Å². The van der Waals surface area contributed by atoms with E-state index in [9.17, 15) is 9.59 Å². The second-order valence-corrected chi connectivity index (χ2v) is 7.22. The fourth-order valence-corrected chi connectivity index (χ4v) is 3.53. The number of carbonyl (C=O) groups excluding carboxylic acids is 2. The molecule has 1 aromatic heterocycles. The maximum Gasteiger partial charge on any atom is 0.256 e. The normalized spacial score (nSPS) is 10.6. The number of halogens is 1. The minimum atomic E-state index is -0.311. The predicted molar refractivity (Wildman–Crippen MR) is 111 cm³/mol. The van der Waals surface area contributed by atoms with E-state index >= 15 is 0 Å². The lowest BCUT2D eigenvalue weighted by atomic mass is 10.1. The van der Waals surface area contributed by atoms with Crippen LogP contribution >= 0.6 is 23.4 Å². The van der Waals surface area contributed by atoms with Gasteiger partial charge in [0, 0.05) is 28.5 Å². The van der Waals surface area contributed by atoms with Crippen molar-refractivity contribution in [2.24, 2.45) is 0 Å². The van der Waals surface area contributed by atoms with Crippen LogP contribution in [0, 0.1) is 0 Å². The Morgan fingerprint density at radius 1 is 1.19 bits per heavy atom. The standard InChI is InChI=1S/C20H18ClN3O2S/c1-24(12-18(25)23-16-7-3-4-8-17(16)27-2)20(26)15-11-14(21)10-13-6-5-9-22-19(13)15/h3-11H,12H2,1-2H3,(H,23,25). The number of benzene rings is 2. The van der Waals surface area contributed by atoms with E-state index in [4.69, 9.17) is 11.6 Å². The summed E-state index contributed by atoms with van der Waals surface area (Å²) < 4.78 is 0. The van der Waals surface area contributed by atoms with Crippen molar-refractivity contribution in [1.82, 2.24) is 9.88 Å². The van der Waals surface area contributed by atoms with Crippen LogP contribution in [0.3, 0.4) is 0 Å². The Morgan fingerprint density at radius 2 is 1.96 bits per heavy atom. The summed E-state index contributed by atoms with van der Waals surface area (Å²) in [5.74, 6) is -0.582. The first-order valence-corrected chi connectivity index (χ1v) is 9.82. The molecule has 2 aromatic carbocycles. The van der Waals surface area contributed by atoms with Gasteiger partial charge in [-0.15, -0.1) is 11.8 Å². The van der Waals surface area contributed by atoms with Gasteiger partial charge in [0.2, 0.25) is 5.91 Å². The molecule has 0 aliphatic carbocycles. The molecule has 0 unspecified atom stereocenters. The van der Waals surface area contributed by atoms with Crippen LogP contribution in [0.1, 0.15) is 10.4 Å². The number of anilines is 1. The van der Waals surface area contributed by atoms with Crippen molar-refractivity contribution in [2.45, 2.75) is 4.90 Å². The Bertz CT molecular complexity index is 1010. The summed E-state index contributed by atoms with van der Waals surface area (Å²) in [7, 11) is 1.58. The molecule has 3 aromatic rings. The fourth-order valence-electron chi connectivity index (χ4n) is 2.75. The number of amides is 2. The zero-order valence-electron chi connectivity index (χ0n) is 14.9. The zero-order valence-corrected chi connectivity index (χ0v) is 16.5. The van der Waals surface area contributed by atoms with Gasteiger partial charge >= 0.3 is 0 Å². The van der Waals surface area contributed by atoms with Crippen LogP contribution in [0.5, 0.6) is 0 Å². The molecule has 0 spiro atoms. The molecule has 7 heteroatoms. The summed E-state index contributed by atoms with van der Waals surface area (Å²) in [5, 5.41) is 4.08. The molecule has 0 saturated carbocycles. The highest BCUT2D eigenvalue weighted by Gasteiger charge is 2.19. The van der Waals surface area contributed by atoms with Crippen LogP contribution in [0.4, 0.5) is 5.69 Å². The van der Waals surface area contributed by atoms with Crippen molar-refractivity contribution < 1.29 is 9.59 Å². The Balaban J connectivity index is 1.77. The smallest absolute Gasteiger partial charge is 0.256 e. The SMILES string of the molecule is CSc1ccccc1NC(=O)CN(C)C(=O)c1cc(Cl)cc2cccnc12. The van der Waals surface area contributed by atoms with E-state index in [1.807, 2.05) is 36.6 Å². The maximum absolute atomic E-state index is 12.9. The molecule has 0 radical (unpaired) electrons. The van der Waals surface area contributed by atoms with Crippen molar-refractivity contribution in [3.05, 3.63) is 65.3 Å². The van der Waals surface area contributed by atoms with Gasteiger partial charge in [-0.1, -0.05) is 29.8 Å². The molecular weight excluding hydrogens is 382 g/mol. The molecular formula is C20H18ClN3O2S. The van der Waals surface area contributed by atoms with Gasteiger partial charge in [0.25, 0.3) is 5.91 Å². The number of aromatic nitrogens is 1. The summed E-state index contributed by atoms with van der Waals surface area (Å²) in [6, 6.07) is 14.5. The number of fused-ring (bicyclic) bond motifs is 1. The summed E-state index contributed by atoms with van der Waals surface area (Å²) >= 11 is 7.68. The van der Waals surface area contributed by atoms with Gasteiger partial charge in [-0.05, 0) is 36.6 Å². The fraction of sp³-hybridized carbons (Fsp3) is 0.150. The van der Waals surface area contributed by atoms with E-state index in [0.29, 0.717) is 16.1 Å². The highest BCUT2D eigenvalue weighted by molar-refractivity contribution is 7.98. The molecule has 0 aliphatic heterocycles. The molecule has 27 heavy (non-hydrogen) atoms. The molecule has 0 bridgehead atoms. The van der Waals surface area contributed by atoms with E-state index in [0.717, 1.165) is 16.0 Å². The lowest BCUT2D eigenvalue weighted by molar-refractivity contribution is -0.116. The highest BCUT2D eigenvalue weighted by atomic mass is 35.5. The van der Waals surface area contributed by atoms with E-state index < -0.39 is 0 Å². The summed E-state index contributed by atoms with van der Waals surface area (Å²) in [5.41, 5.74) is 1.66. The third-order valence-electron chi connectivity index (χ3n) is 4.01. The van der Waals surface area contributed by atoms with Gasteiger partial charge in [-0.2, -0.15) is 0 Å². The maximum atomic E-state index is 12.9. The molecule has 0 saturated heterocycles. The van der Waals surface area contributed by atoms with Gasteiger partial charge in [0.15, 0.2) is 0 Å². The number of thioether (sulfide) groups is 1. The average molecular weight is 400 g/mol. The topological polar surface area (TPSA) is 62.3 Å². The number of carbonyl (C=O) groups is 2. The van der Waals surface area contributed by atoms with E-state index in [1.54, 1.807) is 43.2 Å². The van der Waals surface area contributed by atoms with Crippen LogP contribution in [0.15, 0.2) is 59.6 Å². The van der Waals surface area contributed by atoms with Gasteiger partial charge in [0.1, 0.15) is 0 Å². The Labute approximate surface area is 166 Å². The summed E-state index contributed by atoms with van der Waals surface area (Å²) in [6.07, 6.45) is 3.57. The second kappa shape index (κ2) is 8.41. The van der Waals surface area contributed by atoms with Crippen molar-refractivity contribution in [1.29, 1.82) is 0 Å². The number of pyridine rings is 1. The monoisotopic (exact) mass is 399 g/mol. The van der Waals surface area contributed by atoms with Crippen molar-refractivity contribution in [3.63, 3.8) is 0 Å². The van der Waals surface area contributed by atoms with Crippen LogP contribution in [-0.4, -0.2) is 41.5 Å². The average Bonchev–Trinajstić information content (AvgIpc) is 2.67. The number of rotatable bonds is 5. The lowest BCUT2D eigenvalue weighted by Gasteiger charge is -2.18. The highest BCUT2D eigenvalue weighted by Crippen LogP contribution is 2.25. The molecule has 3 rings (SSSR count). The molecule has 0 atom stereocenters. The molecule has 1 N–H and O–H groups in total. The van der Waals surface area contributed by atoms with E-state index in [1.165, 1.54) is 4.90 Å².